The first-order valence-electron chi connectivity index (χ1n) is 6.86. The van der Waals surface area contributed by atoms with Crippen molar-refractivity contribution in [3.05, 3.63) is 41.4 Å². The number of nitrogen functional groups attached to an aromatic ring is 1. The summed E-state index contributed by atoms with van der Waals surface area (Å²) in [6.45, 7) is 5.06. The molecule has 112 valence electrons. The van der Waals surface area contributed by atoms with E-state index in [0.717, 1.165) is 22.9 Å². The van der Waals surface area contributed by atoms with Gasteiger partial charge in [0.25, 0.3) is 0 Å². The third-order valence-corrected chi connectivity index (χ3v) is 3.21. The molecule has 0 unspecified atom stereocenters. The summed E-state index contributed by atoms with van der Waals surface area (Å²) < 4.78 is 11.1. The fourth-order valence-corrected chi connectivity index (χ4v) is 2.11. The van der Waals surface area contributed by atoms with Crippen LogP contribution in [-0.2, 0) is 0 Å². The molecule has 21 heavy (non-hydrogen) atoms. The summed E-state index contributed by atoms with van der Waals surface area (Å²) in [7, 11) is 0. The number of hydrogen-bond acceptors (Lipinski definition) is 4. The van der Waals surface area contributed by atoms with Crippen LogP contribution >= 0.6 is 11.6 Å². The molecule has 0 aromatic heterocycles. The molecule has 0 fully saturated rings. The maximum absolute atomic E-state index is 6.04. The molecule has 3 N–H and O–H groups in total. The van der Waals surface area contributed by atoms with Crippen LogP contribution in [0.15, 0.2) is 36.4 Å². The van der Waals surface area contributed by atoms with E-state index in [-0.39, 0.29) is 0 Å². The number of ether oxygens (including phenoxy) is 2. The van der Waals surface area contributed by atoms with Crippen molar-refractivity contribution in [2.45, 2.75) is 13.8 Å². The lowest BCUT2D eigenvalue weighted by molar-refractivity contribution is 0.332. The highest BCUT2D eigenvalue weighted by molar-refractivity contribution is 6.33. The van der Waals surface area contributed by atoms with Crippen LogP contribution in [0.1, 0.15) is 13.8 Å². The topological polar surface area (TPSA) is 56.5 Å². The van der Waals surface area contributed by atoms with Gasteiger partial charge in [-0.2, -0.15) is 0 Å². The summed E-state index contributed by atoms with van der Waals surface area (Å²) in [6.07, 6.45) is 0. The molecule has 2 aromatic rings. The second-order valence-corrected chi connectivity index (χ2v) is 4.76. The second kappa shape index (κ2) is 7.09. The second-order valence-electron chi connectivity index (χ2n) is 4.35. The number of halogens is 1. The molecule has 0 saturated heterocycles. The lowest BCUT2D eigenvalue weighted by Gasteiger charge is -2.15. The summed E-state index contributed by atoms with van der Waals surface area (Å²) in [5.41, 5.74) is 8.01. The van der Waals surface area contributed by atoms with Crippen molar-refractivity contribution in [3.63, 3.8) is 0 Å². The van der Waals surface area contributed by atoms with Gasteiger partial charge in [-0.25, -0.2) is 0 Å². The van der Waals surface area contributed by atoms with E-state index in [1.54, 1.807) is 6.07 Å². The van der Waals surface area contributed by atoms with Gasteiger partial charge in [0.15, 0.2) is 0 Å². The number of hydrogen-bond donors (Lipinski definition) is 2. The van der Waals surface area contributed by atoms with Gasteiger partial charge in [0.2, 0.25) is 0 Å². The molecular formula is C16H19ClN2O2. The zero-order valence-electron chi connectivity index (χ0n) is 12.2. The first-order valence-corrected chi connectivity index (χ1v) is 7.24. The van der Waals surface area contributed by atoms with Crippen molar-refractivity contribution in [2.75, 3.05) is 24.3 Å². The maximum Gasteiger partial charge on any atom is 0.142 e. The van der Waals surface area contributed by atoms with Gasteiger partial charge < -0.3 is 20.5 Å². The predicted octanol–water partition coefficient (Wildman–Crippen LogP) is 4.46. The van der Waals surface area contributed by atoms with Crippen LogP contribution in [0.25, 0.3) is 0 Å². The number of anilines is 3. The minimum absolute atomic E-state index is 0.503. The van der Waals surface area contributed by atoms with Crippen LogP contribution < -0.4 is 20.5 Å². The molecule has 0 radical (unpaired) electrons. The van der Waals surface area contributed by atoms with Gasteiger partial charge in [0.1, 0.15) is 11.5 Å². The standard InChI is InChI=1S/C16H19ClN2O2/c1-3-20-11-8-9-15(21-4-2)14(10-11)19-13-7-5-6-12(17)16(13)18/h5-10,19H,3-4,18H2,1-2H3. The highest BCUT2D eigenvalue weighted by atomic mass is 35.5. The summed E-state index contributed by atoms with van der Waals surface area (Å²) in [5, 5.41) is 3.76. The summed E-state index contributed by atoms with van der Waals surface area (Å²) in [6, 6.07) is 11.1. The Morgan fingerprint density at radius 2 is 1.81 bits per heavy atom. The molecule has 0 aliphatic carbocycles. The summed E-state index contributed by atoms with van der Waals surface area (Å²) >= 11 is 6.04. The van der Waals surface area contributed by atoms with Gasteiger partial charge in [0.05, 0.1) is 35.3 Å². The molecule has 2 rings (SSSR count). The zero-order chi connectivity index (χ0) is 15.2. The molecule has 0 amide bonds. The normalized spacial score (nSPS) is 10.2. The van der Waals surface area contributed by atoms with Gasteiger partial charge in [-0.1, -0.05) is 17.7 Å². The average molecular weight is 307 g/mol. The largest absolute Gasteiger partial charge is 0.494 e. The first kappa shape index (κ1) is 15.3. The van der Waals surface area contributed by atoms with E-state index in [2.05, 4.69) is 5.32 Å². The van der Waals surface area contributed by atoms with Gasteiger partial charge in [-0.15, -0.1) is 0 Å². The SMILES string of the molecule is CCOc1ccc(OCC)c(Nc2cccc(Cl)c2N)c1. The van der Waals surface area contributed by atoms with Crippen molar-refractivity contribution >= 4 is 28.7 Å². The Labute approximate surface area is 129 Å². The van der Waals surface area contributed by atoms with E-state index in [1.165, 1.54) is 0 Å². The van der Waals surface area contributed by atoms with E-state index in [9.17, 15) is 0 Å². The zero-order valence-corrected chi connectivity index (χ0v) is 12.9. The van der Waals surface area contributed by atoms with Crippen LogP contribution in [0, 0.1) is 0 Å². The van der Waals surface area contributed by atoms with Gasteiger partial charge in [-0.3, -0.25) is 0 Å². The van der Waals surface area contributed by atoms with Crippen LogP contribution in [0.2, 0.25) is 5.02 Å². The van der Waals surface area contributed by atoms with E-state index in [0.29, 0.717) is 23.9 Å². The van der Waals surface area contributed by atoms with Gasteiger partial charge >= 0.3 is 0 Å². The Morgan fingerprint density at radius 1 is 1.05 bits per heavy atom. The van der Waals surface area contributed by atoms with Crippen molar-refractivity contribution < 1.29 is 9.47 Å². The lowest BCUT2D eigenvalue weighted by Crippen LogP contribution is -2.01. The van der Waals surface area contributed by atoms with Crippen LogP contribution in [-0.4, -0.2) is 13.2 Å². The monoisotopic (exact) mass is 306 g/mol. The van der Waals surface area contributed by atoms with Crippen molar-refractivity contribution in [1.82, 2.24) is 0 Å². The number of benzene rings is 2. The molecule has 0 bridgehead atoms. The summed E-state index contributed by atoms with van der Waals surface area (Å²) in [4.78, 5) is 0. The molecule has 2 aromatic carbocycles. The molecule has 0 saturated carbocycles. The Morgan fingerprint density at radius 3 is 2.52 bits per heavy atom. The Hall–Kier alpha value is -2.07. The van der Waals surface area contributed by atoms with E-state index in [4.69, 9.17) is 26.8 Å². The number of nitrogens with two attached hydrogens (primary N) is 1. The van der Waals surface area contributed by atoms with Crippen molar-refractivity contribution in [3.8, 4) is 11.5 Å². The maximum atomic E-state index is 6.04. The smallest absolute Gasteiger partial charge is 0.142 e. The van der Waals surface area contributed by atoms with Gasteiger partial charge in [-0.05, 0) is 38.1 Å². The highest BCUT2D eigenvalue weighted by Crippen LogP contribution is 2.35. The highest BCUT2D eigenvalue weighted by Gasteiger charge is 2.09. The molecule has 5 heteroatoms. The van der Waals surface area contributed by atoms with Crippen LogP contribution in [0.3, 0.4) is 0 Å². The molecule has 0 aliphatic heterocycles. The minimum Gasteiger partial charge on any atom is -0.494 e. The van der Waals surface area contributed by atoms with Crippen LogP contribution in [0.4, 0.5) is 17.1 Å². The lowest BCUT2D eigenvalue weighted by atomic mass is 10.2. The fourth-order valence-electron chi connectivity index (χ4n) is 1.94. The molecule has 0 aliphatic rings. The van der Waals surface area contributed by atoms with E-state index >= 15 is 0 Å². The van der Waals surface area contributed by atoms with E-state index < -0.39 is 0 Å². The predicted molar refractivity (Wildman–Crippen MR) is 87.9 cm³/mol. The fraction of sp³-hybridized carbons (Fsp3) is 0.250. The van der Waals surface area contributed by atoms with Gasteiger partial charge in [0, 0.05) is 6.07 Å². The molecule has 0 atom stereocenters. The number of rotatable bonds is 6. The third kappa shape index (κ3) is 3.73. The number of para-hydroxylation sites is 1. The number of nitrogens with one attached hydrogen (secondary N) is 1. The minimum atomic E-state index is 0.503. The molecule has 0 spiro atoms. The van der Waals surface area contributed by atoms with Crippen molar-refractivity contribution in [2.24, 2.45) is 0 Å². The van der Waals surface area contributed by atoms with E-state index in [1.807, 2.05) is 44.2 Å². The molecule has 4 nitrogen and oxygen atoms in total. The Kier molecular flexibility index (Phi) is 5.17. The Bertz CT molecular complexity index is 617. The summed E-state index contributed by atoms with van der Waals surface area (Å²) in [5.74, 6) is 1.50. The first-order chi connectivity index (χ1) is 10.2. The Balaban J connectivity index is 2.35. The average Bonchev–Trinajstić information content (AvgIpc) is 2.47. The molecular weight excluding hydrogens is 288 g/mol. The quantitative estimate of drug-likeness (QED) is 0.773. The van der Waals surface area contributed by atoms with Crippen LogP contribution in [0.5, 0.6) is 11.5 Å². The third-order valence-electron chi connectivity index (χ3n) is 2.88. The molecule has 0 heterocycles. The van der Waals surface area contributed by atoms with Crippen molar-refractivity contribution in [1.29, 1.82) is 0 Å².